The number of carboxylic acid groups (broad SMARTS) is 1. The lowest BCUT2D eigenvalue weighted by molar-refractivity contribution is 0.0701. The predicted molar refractivity (Wildman–Crippen MR) is 112 cm³/mol. The van der Waals surface area contributed by atoms with E-state index in [0.717, 1.165) is 17.6 Å². The normalized spacial score (nSPS) is 12.7. The summed E-state index contributed by atoms with van der Waals surface area (Å²) in [4.78, 5) is 20.4. The number of benzene rings is 1. The van der Waals surface area contributed by atoms with Gasteiger partial charge in [0, 0.05) is 12.6 Å². The number of nitrogens with one attached hydrogen (secondary N) is 2. The second-order valence-corrected chi connectivity index (χ2v) is 9.41. The van der Waals surface area contributed by atoms with Gasteiger partial charge in [-0.05, 0) is 31.5 Å². The zero-order valence-electron chi connectivity index (χ0n) is 16.3. The minimum atomic E-state index is -3.40. The van der Waals surface area contributed by atoms with Crippen LogP contribution in [0.15, 0.2) is 24.5 Å². The molecule has 0 fully saturated rings. The Morgan fingerprint density at radius 1 is 1.37 bits per heavy atom. The predicted octanol–water partition coefficient (Wildman–Crippen LogP) is 2.90. The van der Waals surface area contributed by atoms with E-state index in [-0.39, 0.29) is 17.2 Å². The minimum absolute atomic E-state index is 0.00184. The highest BCUT2D eigenvalue weighted by Gasteiger charge is 2.20. The molecule has 0 bridgehead atoms. The molecule has 0 radical (unpaired) electrons. The van der Waals surface area contributed by atoms with Gasteiger partial charge in [0.1, 0.15) is 39.5 Å². The number of fused-ring (bicyclic) bond motifs is 1. The van der Waals surface area contributed by atoms with Crippen LogP contribution in [0.2, 0.25) is 0 Å². The molecule has 0 aliphatic rings. The van der Waals surface area contributed by atoms with Gasteiger partial charge in [-0.3, -0.25) is 0 Å². The highest BCUT2D eigenvalue weighted by molar-refractivity contribution is 7.88. The lowest BCUT2D eigenvalue weighted by Gasteiger charge is -2.18. The van der Waals surface area contributed by atoms with Crippen LogP contribution < -0.4 is 14.8 Å². The maximum absolute atomic E-state index is 13.8. The molecule has 9 nitrogen and oxygen atoms in total. The van der Waals surface area contributed by atoms with Crippen molar-refractivity contribution in [1.82, 2.24) is 14.7 Å². The Labute approximate surface area is 176 Å². The van der Waals surface area contributed by atoms with E-state index in [1.54, 1.807) is 13.8 Å². The first-order valence-corrected chi connectivity index (χ1v) is 11.4. The monoisotopic (exact) mass is 454 g/mol. The summed E-state index contributed by atoms with van der Waals surface area (Å²) in [6, 6.07) is 3.85. The molecule has 1 atom stereocenters. The number of thiophene rings is 1. The largest absolute Gasteiger partial charge is 0.487 e. The number of halogens is 1. The van der Waals surface area contributed by atoms with Gasteiger partial charge in [0.05, 0.1) is 17.3 Å². The summed E-state index contributed by atoms with van der Waals surface area (Å²) >= 11 is 1.04. The van der Waals surface area contributed by atoms with Crippen molar-refractivity contribution >= 4 is 49.1 Å². The van der Waals surface area contributed by atoms with Crippen molar-refractivity contribution in [3.63, 3.8) is 0 Å². The number of sulfonamides is 1. The number of hydrogen-bond acceptors (Lipinski definition) is 8. The Balaban J connectivity index is 1.93. The molecule has 1 aromatic carbocycles. The Morgan fingerprint density at radius 2 is 2.10 bits per heavy atom. The second kappa shape index (κ2) is 8.50. The van der Waals surface area contributed by atoms with Crippen LogP contribution >= 0.6 is 11.3 Å². The average molecular weight is 455 g/mol. The fourth-order valence-electron chi connectivity index (χ4n) is 2.72. The van der Waals surface area contributed by atoms with E-state index in [4.69, 9.17) is 4.74 Å². The zero-order valence-corrected chi connectivity index (χ0v) is 17.9. The first-order chi connectivity index (χ1) is 14.0. The van der Waals surface area contributed by atoms with Gasteiger partial charge >= 0.3 is 5.97 Å². The fourth-order valence-corrected chi connectivity index (χ4v) is 4.25. The molecular formula is C18H19FN4O5S2. The third-order valence-electron chi connectivity index (χ3n) is 4.08. The van der Waals surface area contributed by atoms with Crippen molar-refractivity contribution in [3.05, 3.63) is 40.8 Å². The van der Waals surface area contributed by atoms with E-state index >= 15 is 0 Å². The molecule has 0 amide bonds. The van der Waals surface area contributed by atoms with Crippen molar-refractivity contribution in [1.29, 1.82) is 0 Å². The highest BCUT2D eigenvalue weighted by Crippen LogP contribution is 2.36. The molecule has 1 unspecified atom stereocenters. The van der Waals surface area contributed by atoms with E-state index in [1.165, 1.54) is 24.5 Å². The van der Waals surface area contributed by atoms with Gasteiger partial charge in [-0.1, -0.05) is 0 Å². The molecule has 0 spiro atoms. The Bertz CT molecular complexity index is 1210. The lowest BCUT2D eigenvalue weighted by Crippen LogP contribution is -2.32. The molecule has 0 saturated heterocycles. The van der Waals surface area contributed by atoms with Crippen LogP contribution in [0, 0.1) is 12.7 Å². The highest BCUT2D eigenvalue weighted by atomic mass is 32.2. The number of carboxylic acids is 1. The third-order valence-corrected chi connectivity index (χ3v) is 5.96. The first kappa shape index (κ1) is 21.9. The number of anilines is 2. The van der Waals surface area contributed by atoms with Crippen LogP contribution in [-0.4, -0.2) is 48.4 Å². The first-order valence-electron chi connectivity index (χ1n) is 8.70. The molecule has 3 rings (SSSR count). The van der Waals surface area contributed by atoms with E-state index in [2.05, 4.69) is 20.0 Å². The Kier molecular flexibility index (Phi) is 6.19. The summed E-state index contributed by atoms with van der Waals surface area (Å²) in [6.45, 7) is 3.30. The number of ether oxygens (including phenoxy) is 1. The van der Waals surface area contributed by atoms with E-state index in [0.29, 0.717) is 27.3 Å². The third kappa shape index (κ3) is 5.01. The van der Waals surface area contributed by atoms with Crippen molar-refractivity contribution in [2.45, 2.75) is 20.0 Å². The summed E-state index contributed by atoms with van der Waals surface area (Å²) in [7, 11) is -3.40. The van der Waals surface area contributed by atoms with E-state index in [1.807, 2.05) is 0 Å². The minimum Gasteiger partial charge on any atom is -0.487 e. The molecule has 0 aliphatic carbocycles. The maximum Gasteiger partial charge on any atom is 0.346 e. The molecule has 3 aromatic rings. The molecule has 0 saturated carbocycles. The van der Waals surface area contributed by atoms with Crippen molar-refractivity contribution in [2.24, 2.45) is 0 Å². The summed E-state index contributed by atoms with van der Waals surface area (Å²) in [5, 5.41) is 12.9. The molecular weight excluding hydrogens is 435 g/mol. The molecule has 12 heteroatoms. The summed E-state index contributed by atoms with van der Waals surface area (Å²) < 4.78 is 44.4. The van der Waals surface area contributed by atoms with E-state index in [9.17, 15) is 22.7 Å². The van der Waals surface area contributed by atoms with Crippen LogP contribution in [0.25, 0.3) is 10.2 Å². The number of aromatic carboxylic acids is 1. The number of nitrogens with zero attached hydrogens (tertiary/aromatic N) is 2. The standard InChI is InChI=1S/C18H19FN4O5S2/c1-9(7-22-30(3,26)27)28-13-6-11(19)4-5-12(13)23-16-14-10(2)15(18(24)25)29-17(14)21-8-20-16/h4-6,8-9,22H,7H2,1-3H3,(H,24,25)(H,20,21,23). The van der Waals surface area contributed by atoms with Gasteiger partial charge in [0.2, 0.25) is 10.0 Å². The zero-order chi connectivity index (χ0) is 22.1. The number of hydrogen-bond donors (Lipinski definition) is 3. The number of aryl methyl sites for hydroxylation is 1. The Hall–Kier alpha value is -2.83. The van der Waals surface area contributed by atoms with Gasteiger partial charge in [-0.2, -0.15) is 0 Å². The van der Waals surface area contributed by atoms with Crippen LogP contribution in [0.4, 0.5) is 15.9 Å². The van der Waals surface area contributed by atoms with Gasteiger partial charge < -0.3 is 15.2 Å². The summed E-state index contributed by atoms with van der Waals surface area (Å²) in [5.41, 5.74) is 0.894. The average Bonchev–Trinajstić information content (AvgIpc) is 3.00. The van der Waals surface area contributed by atoms with Crippen molar-refractivity contribution in [3.8, 4) is 5.75 Å². The topological polar surface area (TPSA) is 131 Å². The van der Waals surface area contributed by atoms with Gasteiger partial charge in [-0.25, -0.2) is 32.3 Å². The smallest absolute Gasteiger partial charge is 0.346 e. The van der Waals surface area contributed by atoms with Gasteiger partial charge in [0.25, 0.3) is 0 Å². The molecule has 2 aromatic heterocycles. The van der Waals surface area contributed by atoms with Crippen LogP contribution in [-0.2, 0) is 10.0 Å². The SMILES string of the molecule is Cc1c(C(=O)O)sc2ncnc(Nc3ccc(F)cc3OC(C)CNS(C)(=O)=O)c12. The number of aromatic nitrogens is 2. The maximum atomic E-state index is 13.8. The van der Waals surface area contributed by atoms with Gasteiger partial charge in [-0.15, -0.1) is 11.3 Å². The molecule has 3 N–H and O–H groups in total. The quantitative estimate of drug-likeness (QED) is 0.474. The summed E-state index contributed by atoms with van der Waals surface area (Å²) in [5.74, 6) is -1.10. The van der Waals surface area contributed by atoms with Crippen LogP contribution in [0.3, 0.4) is 0 Å². The molecule has 160 valence electrons. The number of carbonyl (C=O) groups is 1. The fraction of sp³-hybridized carbons (Fsp3) is 0.278. The molecule has 30 heavy (non-hydrogen) atoms. The van der Waals surface area contributed by atoms with Crippen LogP contribution in [0.1, 0.15) is 22.2 Å². The molecule has 2 heterocycles. The number of rotatable bonds is 8. The van der Waals surface area contributed by atoms with E-state index < -0.39 is 27.9 Å². The van der Waals surface area contributed by atoms with Crippen LogP contribution in [0.5, 0.6) is 5.75 Å². The van der Waals surface area contributed by atoms with Crippen molar-refractivity contribution < 1.29 is 27.4 Å². The summed E-state index contributed by atoms with van der Waals surface area (Å²) in [6.07, 6.45) is 1.74. The Morgan fingerprint density at radius 3 is 2.77 bits per heavy atom. The van der Waals surface area contributed by atoms with Crippen molar-refractivity contribution in [2.75, 3.05) is 18.1 Å². The van der Waals surface area contributed by atoms with Gasteiger partial charge in [0.15, 0.2) is 0 Å². The second-order valence-electron chi connectivity index (χ2n) is 6.58. The molecule has 0 aliphatic heterocycles. The lowest BCUT2D eigenvalue weighted by atomic mass is 10.2.